The minimum atomic E-state index is -4.16. The van der Waals surface area contributed by atoms with Crippen LogP contribution >= 0.6 is 22.9 Å². The smallest absolute Gasteiger partial charge is 0.271 e. The van der Waals surface area contributed by atoms with Crippen LogP contribution in [0.5, 0.6) is 11.5 Å². The number of thiazole rings is 1. The molecular formula is C39H34ClN3O8S3. The summed E-state index contributed by atoms with van der Waals surface area (Å²) in [4.78, 5) is 31.1. The van der Waals surface area contributed by atoms with E-state index >= 15 is 0 Å². The molecule has 11 nitrogen and oxygen atoms in total. The first-order valence-corrected chi connectivity index (χ1v) is 20.9. The summed E-state index contributed by atoms with van der Waals surface area (Å²) in [5.74, 6) is -1.04. The number of aromatic nitrogens is 1. The van der Waals surface area contributed by atoms with E-state index in [4.69, 9.17) is 21.1 Å². The quantitative estimate of drug-likeness (QED) is 0.108. The first kappa shape index (κ1) is 38.4. The Bertz CT molecular complexity index is 2510. The lowest BCUT2D eigenvalue weighted by atomic mass is 10.1. The number of anilines is 1. The number of fused-ring (bicyclic) bond motifs is 1. The van der Waals surface area contributed by atoms with Crippen molar-refractivity contribution in [3.8, 4) is 11.5 Å². The first-order chi connectivity index (χ1) is 25.9. The Hall–Kier alpha value is -5.28. The fourth-order valence-electron chi connectivity index (χ4n) is 5.47. The van der Waals surface area contributed by atoms with Crippen LogP contribution in [0.2, 0.25) is 5.02 Å². The van der Waals surface area contributed by atoms with Gasteiger partial charge in [0.15, 0.2) is 16.4 Å². The van der Waals surface area contributed by atoms with Crippen molar-refractivity contribution in [1.82, 2.24) is 9.71 Å². The van der Waals surface area contributed by atoms with Gasteiger partial charge in [-0.2, -0.15) is 0 Å². The van der Waals surface area contributed by atoms with E-state index in [9.17, 15) is 26.4 Å². The summed E-state index contributed by atoms with van der Waals surface area (Å²) in [5, 5.41) is 4.03. The summed E-state index contributed by atoms with van der Waals surface area (Å²) < 4.78 is 66.2. The third kappa shape index (κ3) is 9.82. The lowest BCUT2D eigenvalue weighted by Crippen LogP contribution is -2.34. The molecule has 0 bridgehead atoms. The van der Waals surface area contributed by atoms with Crippen molar-refractivity contribution in [2.45, 2.75) is 36.2 Å². The van der Waals surface area contributed by atoms with Crippen molar-refractivity contribution in [2.75, 3.05) is 17.7 Å². The maximum absolute atomic E-state index is 13.6. The van der Waals surface area contributed by atoms with Crippen molar-refractivity contribution in [2.24, 2.45) is 0 Å². The summed E-state index contributed by atoms with van der Waals surface area (Å²) in [6, 6.07) is 31.4. The molecule has 0 atom stereocenters. The number of ether oxygens (including phenoxy) is 2. The molecule has 0 spiro atoms. The van der Waals surface area contributed by atoms with E-state index in [1.54, 1.807) is 61.5 Å². The number of rotatable bonds is 15. The third-order valence-electron chi connectivity index (χ3n) is 8.13. The van der Waals surface area contributed by atoms with Gasteiger partial charge in [0.25, 0.3) is 21.8 Å². The number of para-hydroxylation sites is 1. The number of sulfonamides is 1. The summed E-state index contributed by atoms with van der Waals surface area (Å²) in [6.07, 6.45) is 0.603. The molecule has 0 radical (unpaired) electrons. The zero-order valence-corrected chi connectivity index (χ0v) is 32.0. The second-order valence-electron chi connectivity index (χ2n) is 12.1. The van der Waals surface area contributed by atoms with Gasteiger partial charge in [-0.1, -0.05) is 54.1 Å². The van der Waals surface area contributed by atoms with Crippen LogP contribution < -0.4 is 19.5 Å². The normalized spacial score (nSPS) is 11.6. The molecular weight excluding hydrogens is 770 g/mol. The molecule has 0 aliphatic heterocycles. The predicted molar refractivity (Wildman–Crippen MR) is 209 cm³/mol. The zero-order valence-electron chi connectivity index (χ0n) is 28.8. The van der Waals surface area contributed by atoms with Crippen molar-refractivity contribution in [3.63, 3.8) is 0 Å². The number of nitrogens with one attached hydrogen (secondary N) is 2. The van der Waals surface area contributed by atoms with Crippen molar-refractivity contribution in [3.05, 3.63) is 142 Å². The van der Waals surface area contributed by atoms with Crippen molar-refractivity contribution < 1.29 is 35.9 Å². The monoisotopic (exact) mass is 803 g/mol. The highest BCUT2D eigenvalue weighted by Gasteiger charge is 2.21. The number of aryl methyl sites for hydroxylation is 2. The lowest BCUT2D eigenvalue weighted by Gasteiger charge is -2.15. The molecule has 6 rings (SSSR count). The number of hydrogen-bond donors (Lipinski definition) is 2. The Kier molecular flexibility index (Phi) is 12.0. The molecule has 54 heavy (non-hydrogen) atoms. The average Bonchev–Trinajstić information content (AvgIpc) is 3.57. The molecule has 278 valence electrons. The van der Waals surface area contributed by atoms with Gasteiger partial charge in [0, 0.05) is 10.6 Å². The highest BCUT2D eigenvalue weighted by atomic mass is 35.5. The van der Waals surface area contributed by atoms with E-state index in [0.717, 1.165) is 15.2 Å². The van der Waals surface area contributed by atoms with Crippen LogP contribution in [0.3, 0.4) is 0 Å². The molecule has 5 aromatic carbocycles. The molecule has 2 amide bonds. The van der Waals surface area contributed by atoms with Crippen molar-refractivity contribution >= 4 is 70.5 Å². The van der Waals surface area contributed by atoms with Gasteiger partial charge >= 0.3 is 0 Å². The maximum Gasteiger partial charge on any atom is 0.271 e. The number of carbonyl (C=O) groups is 2. The van der Waals surface area contributed by atoms with Gasteiger partial charge in [-0.05, 0) is 104 Å². The second-order valence-corrected chi connectivity index (χ2v) is 17.4. The fourth-order valence-corrected chi connectivity index (χ4v) is 9.00. The van der Waals surface area contributed by atoms with E-state index in [2.05, 4.69) is 10.3 Å². The Balaban J connectivity index is 1.16. The topological polar surface area (TPSA) is 158 Å². The van der Waals surface area contributed by atoms with Gasteiger partial charge in [-0.3, -0.25) is 9.59 Å². The molecule has 0 saturated heterocycles. The van der Waals surface area contributed by atoms with E-state index < -0.39 is 38.3 Å². The molecule has 0 aliphatic carbocycles. The van der Waals surface area contributed by atoms with E-state index in [0.29, 0.717) is 28.3 Å². The Morgan fingerprint density at radius 3 is 2.37 bits per heavy atom. The average molecular weight is 804 g/mol. The Morgan fingerprint density at radius 1 is 0.833 bits per heavy atom. The van der Waals surface area contributed by atoms with Gasteiger partial charge < -0.3 is 14.8 Å². The van der Waals surface area contributed by atoms with Crippen LogP contribution in [0, 0.1) is 6.92 Å². The van der Waals surface area contributed by atoms with Gasteiger partial charge in [-0.15, -0.1) is 11.3 Å². The summed E-state index contributed by atoms with van der Waals surface area (Å²) in [6.45, 7) is 1.14. The Morgan fingerprint density at radius 2 is 1.59 bits per heavy atom. The van der Waals surface area contributed by atoms with E-state index in [1.165, 1.54) is 47.7 Å². The first-order valence-electron chi connectivity index (χ1n) is 16.6. The van der Waals surface area contributed by atoms with Crippen LogP contribution in [0.25, 0.3) is 10.2 Å². The van der Waals surface area contributed by atoms with Gasteiger partial charge in [0.1, 0.15) is 23.1 Å². The van der Waals surface area contributed by atoms with Crippen LogP contribution in [0.15, 0.2) is 125 Å². The fraction of sp³-hybridized carbons (Fsp3) is 0.154. The molecule has 6 aromatic rings. The third-order valence-corrected chi connectivity index (χ3v) is 12.7. The van der Waals surface area contributed by atoms with E-state index in [1.807, 2.05) is 29.0 Å². The minimum Gasteiger partial charge on any atom is -0.486 e. The number of hydrogen-bond acceptors (Lipinski definition) is 10. The molecule has 0 saturated carbocycles. The lowest BCUT2D eigenvalue weighted by molar-refractivity contribution is -0.121. The second kappa shape index (κ2) is 16.8. The minimum absolute atomic E-state index is 0.0416. The summed E-state index contributed by atoms with van der Waals surface area (Å²) >= 11 is 7.43. The number of carbonyl (C=O) groups excluding carboxylic acids is 2. The molecule has 1 heterocycles. The van der Waals surface area contributed by atoms with Crippen LogP contribution in [-0.2, 0) is 37.7 Å². The number of halogens is 1. The number of amides is 2. The standard InChI is InChI=1S/C39H34ClN3O8S3/c1-26-8-2-5-14-36(26)54(48,49)43-37(44)24-51-34-20-15-27(9-7-21-53(46,47)31-18-16-29(40)17-19-31)22-33(34)42-39(45)28-10-6-11-30(23-28)50-25-38-41-32-12-3-4-13-35(32)52-38/h2-6,8,10-20,22-23H,7,9,21,24-25H2,1H3,(H,42,45)(H,43,44). The zero-order chi connectivity index (χ0) is 38.3. The molecule has 0 fully saturated rings. The van der Waals surface area contributed by atoms with E-state index in [-0.39, 0.29) is 45.6 Å². The maximum atomic E-state index is 13.6. The van der Waals surface area contributed by atoms with Gasteiger partial charge in [0.05, 0.1) is 31.4 Å². The molecule has 0 unspecified atom stereocenters. The summed E-state index contributed by atoms with van der Waals surface area (Å²) in [7, 11) is -7.74. The number of sulfone groups is 1. The highest BCUT2D eigenvalue weighted by Crippen LogP contribution is 2.29. The SMILES string of the molecule is Cc1ccccc1S(=O)(=O)NC(=O)COc1ccc(CCCS(=O)(=O)c2ccc(Cl)cc2)cc1NC(=O)c1cccc(OCc2nc3ccccc3s2)c1. The summed E-state index contributed by atoms with van der Waals surface area (Å²) in [5.41, 5.74) is 2.48. The predicted octanol–water partition coefficient (Wildman–Crippen LogP) is 7.38. The number of benzene rings is 5. The molecule has 1 aromatic heterocycles. The van der Waals surface area contributed by atoms with Crippen LogP contribution in [0.4, 0.5) is 5.69 Å². The van der Waals surface area contributed by atoms with Crippen molar-refractivity contribution in [1.29, 1.82) is 0 Å². The Labute approximate surface area is 321 Å². The molecule has 2 N–H and O–H groups in total. The van der Waals surface area contributed by atoms with Crippen LogP contribution in [-0.4, -0.2) is 46.0 Å². The van der Waals surface area contributed by atoms with Crippen LogP contribution in [0.1, 0.15) is 32.9 Å². The van der Waals surface area contributed by atoms with Gasteiger partial charge in [-0.25, -0.2) is 26.5 Å². The molecule has 15 heteroatoms. The molecule has 0 aliphatic rings. The largest absolute Gasteiger partial charge is 0.486 e. The number of nitrogens with zero attached hydrogens (tertiary/aromatic N) is 1. The highest BCUT2D eigenvalue weighted by molar-refractivity contribution is 7.91. The van der Waals surface area contributed by atoms with Gasteiger partial charge in [0.2, 0.25) is 0 Å².